The number of aromatic nitrogens is 2. The maximum absolute atomic E-state index is 13.8. The quantitative estimate of drug-likeness (QED) is 0.154. The molecule has 1 aromatic carbocycles. The van der Waals surface area contributed by atoms with Crippen molar-refractivity contribution in [3.05, 3.63) is 69.6 Å². The smallest absolute Gasteiger partial charge is 0.490 e. The van der Waals surface area contributed by atoms with E-state index in [9.17, 15) is 35.9 Å². The minimum Gasteiger partial charge on any atom is -0.494 e. The lowest BCUT2D eigenvalue weighted by atomic mass is 10.1. The Morgan fingerprint density at radius 3 is 2.04 bits per heavy atom. The molecule has 0 fully saturated rings. The van der Waals surface area contributed by atoms with Crippen molar-refractivity contribution >= 4 is 50.2 Å². The monoisotopic (exact) mass is 734 g/mol. The first kappa shape index (κ1) is 41.5. The summed E-state index contributed by atoms with van der Waals surface area (Å²) < 4.78 is 71.6. The number of carbonyl (C=O) groups excluding carboxylic acids is 1. The lowest BCUT2D eigenvalue weighted by molar-refractivity contribution is -0.193. The van der Waals surface area contributed by atoms with Crippen LogP contribution in [0.4, 0.5) is 26.3 Å². The number of pyridine rings is 2. The minimum atomic E-state index is -5.08. The van der Waals surface area contributed by atoms with E-state index in [0.717, 1.165) is 53.8 Å². The van der Waals surface area contributed by atoms with Crippen LogP contribution in [-0.4, -0.2) is 87.6 Å². The van der Waals surface area contributed by atoms with Crippen LogP contribution >= 0.6 is 11.3 Å². The number of rotatable bonds is 11. The third-order valence-corrected chi connectivity index (χ3v) is 8.29. The van der Waals surface area contributed by atoms with Crippen LogP contribution in [0.15, 0.2) is 53.5 Å². The van der Waals surface area contributed by atoms with E-state index in [1.807, 2.05) is 49.4 Å². The first-order valence-electron chi connectivity index (χ1n) is 15.0. The summed E-state index contributed by atoms with van der Waals surface area (Å²) in [6.07, 6.45) is -6.55. The zero-order chi connectivity index (χ0) is 37.8. The van der Waals surface area contributed by atoms with Gasteiger partial charge in [-0.1, -0.05) is 38.1 Å². The second-order valence-electron chi connectivity index (χ2n) is 10.5. The highest BCUT2D eigenvalue weighted by atomic mass is 32.1. The Labute approximate surface area is 286 Å². The second-order valence-corrected chi connectivity index (χ2v) is 11.6. The molecule has 3 N–H and O–H groups in total. The maximum Gasteiger partial charge on any atom is 0.490 e. The second kappa shape index (κ2) is 18.3. The molecular weight excluding hydrogens is 698 g/mol. The van der Waals surface area contributed by atoms with Gasteiger partial charge in [0.1, 0.15) is 10.3 Å². The van der Waals surface area contributed by atoms with Gasteiger partial charge in [-0.25, -0.2) is 9.59 Å². The van der Waals surface area contributed by atoms with Crippen LogP contribution in [0.3, 0.4) is 0 Å². The Kier molecular flexibility index (Phi) is 15.2. The highest BCUT2D eigenvalue weighted by Crippen LogP contribution is 2.39. The number of fused-ring (bicyclic) bond motifs is 3. The molecule has 1 atom stereocenters. The van der Waals surface area contributed by atoms with E-state index in [4.69, 9.17) is 24.5 Å². The van der Waals surface area contributed by atoms with Crippen molar-refractivity contribution in [1.29, 1.82) is 0 Å². The van der Waals surface area contributed by atoms with Gasteiger partial charge in [0.05, 0.1) is 29.6 Å². The molecule has 0 saturated carbocycles. The molecule has 1 amide bonds. The predicted molar refractivity (Wildman–Crippen MR) is 175 cm³/mol. The van der Waals surface area contributed by atoms with E-state index in [-0.39, 0.29) is 17.5 Å². The molecule has 18 heteroatoms. The number of alkyl halides is 6. The van der Waals surface area contributed by atoms with Crippen LogP contribution in [0.2, 0.25) is 0 Å². The van der Waals surface area contributed by atoms with E-state index < -0.39 is 24.3 Å². The van der Waals surface area contributed by atoms with E-state index >= 15 is 0 Å². The van der Waals surface area contributed by atoms with Crippen molar-refractivity contribution in [3.8, 4) is 5.75 Å². The van der Waals surface area contributed by atoms with Crippen molar-refractivity contribution < 1.29 is 55.7 Å². The lowest BCUT2D eigenvalue weighted by Crippen LogP contribution is -2.33. The molecule has 0 aliphatic heterocycles. The van der Waals surface area contributed by atoms with Gasteiger partial charge in [0, 0.05) is 17.6 Å². The number of thiophene rings is 1. The van der Waals surface area contributed by atoms with Gasteiger partial charge in [0.2, 0.25) is 0 Å². The lowest BCUT2D eigenvalue weighted by Gasteiger charge is -2.19. The van der Waals surface area contributed by atoms with Gasteiger partial charge in [-0.2, -0.15) is 26.3 Å². The molecule has 11 nitrogen and oxygen atoms in total. The third-order valence-electron chi connectivity index (χ3n) is 7.09. The van der Waals surface area contributed by atoms with Crippen molar-refractivity contribution in [1.82, 2.24) is 19.8 Å². The van der Waals surface area contributed by atoms with Crippen LogP contribution in [-0.2, 0) is 16.1 Å². The Balaban J connectivity index is 0.000000521. The van der Waals surface area contributed by atoms with E-state index in [0.29, 0.717) is 22.6 Å². The van der Waals surface area contributed by atoms with Crippen molar-refractivity contribution in [3.63, 3.8) is 0 Å². The number of hydrogen-bond donors (Lipinski definition) is 3. The van der Waals surface area contributed by atoms with Gasteiger partial charge >= 0.3 is 24.3 Å². The standard InChI is InChI=1S/C28H34N4O3S.2C2HF3O2/c1-5-31(6-2)17-11-12-19(3)30-27(33)26-24(35-4)23-25(36-26)21-14-7-8-15-22(21)32(28(23)34)18-20-13-9-10-16-29-20;2*3-2(4,5)1(6)7/h7-10,13-16,19H,5-6,11-12,17-18H2,1-4H3,(H,30,33);2*(H,6,7). The fourth-order valence-electron chi connectivity index (χ4n) is 4.62. The highest BCUT2D eigenvalue weighted by Gasteiger charge is 2.39. The third kappa shape index (κ3) is 11.4. The molecule has 0 aliphatic carbocycles. The number of para-hydroxylation sites is 1. The maximum atomic E-state index is 13.8. The number of carbonyl (C=O) groups is 3. The Morgan fingerprint density at radius 1 is 0.980 bits per heavy atom. The molecule has 4 rings (SSSR count). The predicted octanol–water partition coefficient (Wildman–Crippen LogP) is 6.18. The van der Waals surface area contributed by atoms with Gasteiger partial charge in [0.15, 0.2) is 5.75 Å². The molecule has 0 saturated heterocycles. The molecule has 0 bridgehead atoms. The van der Waals surface area contributed by atoms with Crippen LogP contribution < -0.4 is 15.6 Å². The van der Waals surface area contributed by atoms with E-state index in [1.54, 1.807) is 10.8 Å². The van der Waals surface area contributed by atoms with E-state index in [1.165, 1.54) is 18.4 Å². The fourth-order valence-corrected chi connectivity index (χ4v) is 5.82. The largest absolute Gasteiger partial charge is 0.494 e. The average Bonchev–Trinajstić information content (AvgIpc) is 3.46. The molecule has 0 radical (unpaired) electrons. The first-order chi connectivity index (χ1) is 23.4. The molecule has 0 aliphatic rings. The number of aliphatic carboxylic acids is 2. The Bertz CT molecular complexity index is 1780. The minimum absolute atomic E-state index is 0.0144. The summed E-state index contributed by atoms with van der Waals surface area (Å²) in [6, 6.07) is 13.5. The van der Waals surface area contributed by atoms with Gasteiger partial charge < -0.3 is 29.7 Å². The zero-order valence-electron chi connectivity index (χ0n) is 27.4. The van der Waals surface area contributed by atoms with E-state index in [2.05, 4.69) is 29.0 Å². The summed E-state index contributed by atoms with van der Waals surface area (Å²) >= 11 is 1.32. The summed E-state index contributed by atoms with van der Waals surface area (Å²) in [7, 11) is 1.52. The molecule has 3 aromatic heterocycles. The number of carboxylic acid groups (broad SMARTS) is 2. The van der Waals surface area contributed by atoms with Crippen LogP contribution in [0.1, 0.15) is 49.0 Å². The number of nitrogens with zero attached hydrogens (tertiary/aromatic N) is 3. The summed E-state index contributed by atoms with van der Waals surface area (Å²) in [5, 5.41) is 18.7. The van der Waals surface area contributed by atoms with Crippen molar-refractivity contribution in [2.75, 3.05) is 26.7 Å². The first-order valence-corrected chi connectivity index (χ1v) is 15.8. The molecule has 50 heavy (non-hydrogen) atoms. The number of carboxylic acids is 2. The molecule has 274 valence electrons. The van der Waals surface area contributed by atoms with Gasteiger partial charge in [0.25, 0.3) is 11.5 Å². The molecule has 0 spiro atoms. The van der Waals surface area contributed by atoms with Crippen LogP contribution in [0.5, 0.6) is 5.75 Å². The number of methoxy groups -OCH3 is 1. The number of hydrogen-bond acceptors (Lipinski definition) is 8. The van der Waals surface area contributed by atoms with Gasteiger partial charge in [-0.05, 0) is 57.6 Å². The highest BCUT2D eigenvalue weighted by molar-refractivity contribution is 7.22. The fraction of sp³-hybridized carbons (Fsp3) is 0.406. The van der Waals surface area contributed by atoms with Gasteiger partial charge in [-0.15, -0.1) is 11.3 Å². The molecule has 4 aromatic rings. The molecule has 1 unspecified atom stereocenters. The summed E-state index contributed by atoms with van der Waals surface area (Å²) in [5.41, 5.74) is 1.41. The number of halogens is 6. The summed E-state index contributed by atoms with van der Waals surface area (Å²) in [6.45, 7) is 9.76. The Hall–Kier alpha value is -4.71. The zero-order valence-corrected chi connectivity index (χ0v) is 28.2. The topological polar surface area (TPSA) is 151 Å². The normalized spacial score (nSPS) is 12.1. The molecule has 3 heterocycles. The van der Waals surface area contributed by atoms with Crippen LogP contribution in [0, 0.1) is 0 Å². The summed E-state index contributed by atoms with van der Waals surface area (Å²) in [4.78, 5) is 52.1. The summed E-state index contributed by atoms with van der Waals surface area (Å²) in [5.74, 6) is -5.38. The van der Waals surface area contributed by atoms with Crippen molar-refractivity contribution in [2.24, 2.45) is 0 Å². The number of nitrogens with one attached hydrogen (secondary N) is 1. The Morgan fingerprint density at radius 2 is 1.54 bits per heavy atom. The van der Waals surface area contributed by atoms with Gasteiger partial charge in [-0.3, -0.25) is 14.6 Å². The average molecular weight is 735 g/mol. The number of amides is 1. The SMILES string of the molecule is CCN(CC)CCCC(C)NC(=O)c1sc2c(c1OC)c(=O)n(Cc1ccccn1)c1ccccc21.O=C(O)C(F)(F)F.O=C(O)C(F)(F)F. The molecular formula is C32H36F6N4O7S. The number of benzene rings is 1. The van der Waals surface area contributed by atoms with Crippen molar-refractivity contribution in [2.45, 2.75) is 58.6 Å². The number of ether oxygens (including phenoxy) is 1. The van der Waals surface area contributed by atoms with Crippen LogP contribution in [0.25, 0.3) is 21.0 Å².